The number of hydrogen-bond donors (Lipinski definition) is 1. The Kier molecular flexibility index (Phi) is 5.16. The molecule has 0 aliphatic rings. The van der Waals surface area contributed by atoms with Gasteiger partial charge < -0.3 is 10.1 Å². The minimum atomic E-state index is -0.0558. The highest BCUT2D eigenvalue weighted by atomic mass is 79.9. The summed E-state index contributed by atoms with van der Waals surface area (Å²) >= 11 is 3.55. The molecule has 3 aromatic carbocycles. The third-order valence-corrected chi connectivity index (χ3v) is 4.76. The van der Waals surface area contributed by atoms with Gasteiger partial charge in [-0.05, 0) is 56.9 Å². The summed E-state index contributed by atoms with van der Waals surface area (Å²) in [5.74, 6) is 0.724. The number of amides is 1. The van der Waals surface area contributed by atoms with E-state index in [2.05, 4.69) is 33.4 Å². The summed E-state index contributed by atoms with van der Waals surface area (Å²) in [4.78, 5) is 12.3. The zero-order valence-electron chi connectivity index (χ0n) is 13.4. The molecule has 1 amide bonds. The molecule has 0 aliphatic heterocycles. The number of rotatable bonds is 5. The Balaban J connectivity index is 1.71. The molecular weight excluding hydrogens is 366 g/mol. The van der Waals surface area contributed by atoms with Gasteiger partial charge in [0.1, 0.15) is 5.75 Å². The lowest BCUT2D eigenvalue weighted by atomic mass is 10.1. The van der Waals surface area contributed by atoms with Gasteiger partial charge in [0.25, 0.3) is 5.91 Å². The van der Waals surface area contributed by atoms with E-state index in [4.69, 9.17) is 4.74 Å². The van der Waals surface area contributed by atoms with Gasteiger partial charge in [0.15, 0.2) is 0 Å². The number of hydrogen-bond acceptors (Lipinski definition) is 2. The number of nitrogens with one attached hydrogen (secondary N) is 1. The maximum atomic E-state index is 12.3. The summed E-state index contributed by atoms with van der Waals surface area (Å²) in [5, 5.41) is 5.00. The molecule has 0 heterocycles. The highest BCUT2D eigenvalue weighted by molar-refractivity contribution is 9.10. The van der Waals surface area contributed by atoms with Crippen LogP contribution in [-0.2, 0) is 6.42 Å². The van der Waals surface area contributed by atoms with Crippen LogP contribution in [0, 0.1) is 0 Å². The molecule has 0 bridgehead atoms. The molecule has 122 valence electrons. The Morgan fingerprint density at radius 2 is 1.88 bits per heavy atom. The molecule has 4 heteroatoms. The normalized spacial score (nSPS) is 10.6. The van der Waals surface area contributed by atoms with Crippen LogP contribution < -0.4 is 10.1 Å². The molecule has 3 aromatic rings. The minimum absolute atomic E-state index is 0.0558. The molecule has 24 heavy (non-hydrogen) atoms. The Labute approximate surface area is 149 Å². The second-order valence-corrected chi connectivity index (χ2v) is 6.30. The Hall–Kier alpha value is -2.33. The molecule has 1 N–H and O–H groups in total. The smallest absolute Gasteiger partial charge is 0.251 e. The largest absolute Gasteiger partial charge is 0.496 e. The molecule has 3 nitrogen and oxygen atoms in total. The second kappa shape index (κ2) is 7.49. The molecular formula is C20H18BrNO2. The van der Waals surface area contributed by atoms with Crippen molar-refractivity contribution in [3.8, 4) is 5.75 Å². The second-order valence-electron chi connectivity index (χ2n) is 5.51. The third kappa shape index (κ3) is 3.60. The van der Waals surface area contributed by atoms with Crippen molar-refractivity contribution < 1.29 is 9.53 Å². The standard InChI is InChI=1S/C20H18BrNO2/c1-24-18-10-8-15-13-16(7-9-17(15)19(18)21)20(23)22-12-11-14-5-3-2-4-6-14/h2-10,13H,11-12H2,1H3,(H,22,23). The number of carbonyl (C=O) groups is 1. The average Bonchev–Trinajstić information content (AvgIpc) is 2.62. The van der Waals surface area contributed by atoms with E-state index in [-0.39, 0.29) is 5.91 Å². The van der Waals surface area contributed by atoms with Gasteiger partial charge in [-0.3, -0.25) is 4.79 Å². The van der Waals surface area contributed by atoms with Crippen LogP contribution in [0.4, 0.5) is 0 Å². The van der Waals surface area contributed by atoms with Crippen LogP contribution in [0.5, 0.6) is 5.75 Å². The fourth-order valence-corrected chi connectivity index (χ4v) is 3.29. The molecule has 0 unspecified atom stereocenters. The maximum absolute atomic E-state index is 12.3. The van der Waals surface area contributed by atoms with Crippen LogP contribution in [0.15, 0.2) is 65.1 Å². The Morgan fingerprint density at radius 1 is 1.08 bits per heavy atom. The molecule has 0 spiro atoms. The van der Waals surface area contributed by atoms with Crippen LogP contribution in [-0.4, -0.2) is 19.6 Å². The van der Waals surface area contributed by atoms with Gasteiger partial charge in [-0.1, -0.05) is 42.5 Å². The fourth-order valence-electron chi connectivity index (χ4n) is 2.64. The van der Waals surface area contributed by atoms with Crippen LogP contribution in [0.3, 0.4) is 0 Å². The number of benzene rings is 3. The van der Waals surface area contributed by atoms with E-state index >= 15 is 0 Å². The first-order valence-corrected chi connectivity index (χ1v) is 8.56. The van der Waals surface area contributed by atoms with Crippen LogP contribution in [0.25, 0.3) is 10.8 Å². The van der Waals surface area contributed by atoms with E-state index in [9.17, 15) is 4.79 Å². The van der Waals surface area contributed by atoms with E-state index in [1.54, 1.807) is 7.11 Å². The lowest BCUT2D eigenvalue weighted by molar-refractivity contribution is 0.0954. The molecule has 3 rings (SSSR count). The van der Waals surface area contributed by atoms with E-state index in [1.807, 2.05) is 48.5 Å². The van der Waals surface area contributed by atoms with Crippen LogP contribution in [0.1, 0.15) is 15.9 Å². The SMILES string of the molecule is COc1ccc2cc(C(=O)NCCc3ccccc3)ccc2c1Br. The van der Waals surface area contributed by atoms with Gasteiger partial charge in [-0.25, -0.2) is 0 Å². The highest BCUT2D eigenvalue weighted by Gasteiger charge is 2.09. The molecule has 0 fully saturated rings. The summed E-state index contributed by atoms with van der Waals surface area (Å²) < 4.78 is 6.20. The lowest BCUT2D eigenvalue weighted by Gasteiger charge is -2.09. The van der Waals surface area contributed by atoms with Gasteiger partial charge in [-0.15, -0.1) is 0 Å². The van der Waals surface area contributed by atoms with E-state index in [0.29, 0.717) is 12.1 Å². The monoisotopic (exact) mass is 383 g/mol. The van der Waals surface area contributed by atoms with Gasteiger partial charge in [0.2, 0.25) is 0 Å². The van der Waals surface area contributed by atoms with Gasteiger partial charge in [0, 0.05) is 12.1 Å². The van der Waals surface area contributed by atoms with Crippen molar-refractivity contribution in [1.29, 1.82) is 0 Å². The number of halogens is 1. The first-order chi connectivity index (χ1) is 11.7. The van der Waals surface area contributed by atoms with Crippen LogP contribution in [0.2, 0.25) is 0 Å². The predicted octanol–water partition coefficient (Wildman–Crippen LogP) is 4.58. The highest BCUT2D eigenvalue weighted by Crippen LogP contribution is 2.33. The van der Waals surface area contributed by atoms with Crippen molar-refractivity contribution in [2.45, 2.75) is 6.42 Å². The van der Waals surface area contributed by atoms with Gasteiger partial charge >= 0.3 is 0 Å². The molecule has 0 aliphatic carbocycles. The van der Waals surface area contributed by atoms with Gasteiger partial charge in [-0.2, -0.15) is 0 Å². The van der Waals surface area contributed by atoms with Crippen molar-refractivity contribution in [3.63, 3.8) is 0 Å². The predicted molar refractivity (Wildman–Crippen MR) is 101 cm³/mol. The molecule has 0 radical (unpaired) electrons. The topological polar surface area (TPSA) is 38.3 Å². The first-order valence-electron chi connectivity index (χ1n) is 7.77. The Bertz CT molecular complexity index is 862. The molecule has 0 saturated carbocycles. The van der Waals surface area contributed by atoms with E-state index in [0.717, 1.165) is 27.4 Å². The first kappa shape index (κ1) is 16.5. The summed E-state index contributed by atoms with van der Waals surface area (Å²) in [5.41, 5.74) is 1.87. The quantitative estimate of drug-likeness (QED) is 0.699. The zero-order chi connectivity index (χ0) is 16.9. The fraction of sp³-hybridized carbons (Fsp3) is 0.150. The van der Waals surface area contributed by atoms with Crippen molar-refractivity contribution in [2.24, 2.45) is 0 Å². The molecule has 0 atom stereocenters. The summed E-state index contributed by atoms with van der Waals surface area (Å²) in [7, 11) is 1.64. The maximum Gasteiger partial charge on any atom is 0.251 e. The molecule has 0 saturated heterocycles. The van der Waals surface area contributed by atoms with Crippen LogP contribution >= 0.6 is 15.9 Å². The lowest BCUT2D eigenvalue weighted by Crippen LogP contribution is -2.25. The molecule has 0 aromatic heterocycles. The van der Waals surface area contributed by atoms with Crippen molar-refractivity contribution in [2.75, 3.05) is 13.7 Å². The van der Waals surface area contributed by atoms with Crippen molar-refractivity contribution in [3.05, 3.63) is 76.3 Å². The number of carbonyl (C=O) groups excluding carboxylic acids is 1. The number of fused-ring (bicyclic) bond motifs is 1. The number of methoxy groups -OCH3 is 1. The van der Waals surface area contributed by atoms with Crippen molar-refractivity contribution in [1.82, 2.24) is 5.32 Å². The zero-order valence-corrected chi connectivity index (χ0v) is 15.0. The third-order valence-electron chi connectivity index (χ3n) is 3.94. The minimum Gasteiger partial charge on any atom is -0.496 e. The summed E-state index contributed by atoms with van der Waals surface area (Å²) in [6, 6.07) is 19.7. The van der Waals surface area contributed by atoms with Crippen molar-refractivity contribution >= 4 is 32.6 Å². The van der Waals surface area contributed by atoms with E-state index < -0.39 is 0 Å². The number of ether oxygens (including phenoxy) is 1. The van der Waals surface area contributed by atoms with Gasteiger partial charge in [0.05, 0.1) is 11.6 Å². The summed E-state index contributed by atoms with van der Waals surface area (Å²) in [6.07, 6.45) is 0.822. The van der Waals surface area contributed by atoms with E-state index in [1.165, 1.54) is 5.56 Å². The average molecular weight is 384 g/mol. The Morgan fingerprint density at radius 3 is 2.62 bits per heavy atom. The summed E-state index contributed by atoms with van der Waals surface area (Å²) in [6.45, 7) is 0.618.